The number of hydrogen-bond donors (Lipinski definition) is 1. The van der Waals surface area contributed by atoms with Crippen molar-refractivity contribution in [3.05, 3.63) is 0 Å². The van der Waals surface area contributed by atoms with Crippen LogP contribution in [0.4, 0.5) is 0 Å². The smallest absolute Gasteiger partial charge is 0.0700 e. The summed E-state index contributed by atoms with van der Waals surface area (Å²) in [5.41, 5.74) is -0.646. The van der Waals surface area contributed by atoms with Crippen molar-refractivity contribution in [3.63, 3.8) is 0 Å². The average molecular weight is 262 g/mol. The molecule has 2 unspecified atom stereocenters. The summed E-state index contributed by atoms with van der Waals surface area (Å²) in [6.45, 7) is 1.73. The van der Waals surface area contributed by atoms with Gasteiger partial charge in [0.1, 0.15) is 0 Å². The predicted molar refractivity (Wildman–Crippen MR) is 66.4 cm³/mol. The summed E-state index contributed by atoms with van der Waals surface area (Å²) in [5, 5.41) is 10.9. The van der Waals surface area contributed by atoms with Crippen molar-refractivity contribution in [2.45, 2.75) is 48.2 Å². The second-order valence-corrected chi connectivity index (χ2v) is 7.13. The van der Waals surface area contributed by atoms with Crippen molar-refractivity contribution in [2.75, 3.05) is 26.9 Å². The Hall–Kier alpha value is 0.0300. The maximum atomic E-state index is 11.8. The van der Waals surface area contributed by atoms with Crippen LogP contribution < -0.4 is 0 Å². The van der Waals surface area contributed by atoms with Gasteiger partial charge in [0.25, 0.3) is 0 Å². The molecule has 0 saturated carbocycles. The summed E-state index contributed by atoms with van der Waals surface area (Å²) in [6.07, 6.45) is 4.06. The largest absolute Gasteiger partial charge is 0.390 e. The fourth-order valence-electron chi connectivity index (χ4n) is 2.89. The molecular weight excluding hydrogens is 240 g/mol. The number of rotatable bonds is 6. The minimum Gasteiger partial charge on any atom is -0.390 e. The SMILES string of the molecule is COCCOCCC1(O)CC2CCC(C1)S2=O. The molecule has 2 aliphatic rings. The highest BCUT2D eigenvalue weighted by molar-refractivity contribution is 7.86. The second-order valence-electron chi connectivity index (χ2n) is 5.14. The minimum absolute atomic E-state index is 0.220. The van der Waals surface area contributed by atoms with Gasteiger partial charge in [-0.15, -0.1) is 0 Å². The van der Waals surface area contributed by atoms with E-state index in [0.29, 0.717) is 39.1 Å². The third-order valence-corrected chi connectivity index (χ3v) is 5.95. The fourth-order valence-corrected chi connectivity index (χ4v) is 5.12. The van der Waals surface area contributed by atoms with Gasteiger partial charge in [-0.25, -0.2) is 0 Å². The van der Waals surface area contributed by atoms with Gasteiger partial charge in [0.2, 0.25) is 0 Å². The Labute approximate surface area is 105 Å². The Balaban J connectivity index is 1.75. The van der Waals surface area contributed by atoms with Crippen molar-refractivity contribution in [1.82, 2.24) is 0 Å². The average Bonchev–Trinajstić information content (AvgIpc) is 2.53. The van der Waals surface area contributed by atoms with E-state index in [0.717, 1.165) is 12.8 Å². The van der Waals surface area contributed by atoms with E-state index in [-0.39, 0.29) is 10.5 Å². The molecule has 17 heavy (non-hydrogen) atoms. The molecule has 2 rings (SSSR count). The molecule has 100 valence electrons. The van der Waals surface area contributed by atoms with Crippen molar-refractivity contribution >= 4 is 10.8 Å². The highest BCUT2D eigenvalue weighted by Gasteiger charge is 2.47. The van der Waals surface area contributed by atoms with E-state index in [1.807, 2.05) is 0 Å². The van der Waals surface area contributed by atoms with Crippen LogP contribution in [-0.2, 0) is 20.3 Å². The van der Waals surface area contributed by atoms with E-state index in [2.05, 4.69) is 0 Å². The number of aliphatic hydroxyl groups is 1. The normalized spacial score (nSPS) is 40.7. The van der Waals surface area contributed by atoms with Gasteiger partial charge in [0.15, 0.2) is 0 Å². The number of fused-ring (bicyclic) bond motifs is 2. The van der Waals surface area contributed by atoms with E-state index in [9.17, 15) is 9.32 Å². The van der Waals surface area contributed by atoms with E-state index in [1.54, 1.807) is 7.11 Å². The summed E-state index contributed by atoms with van der Waals surface area (Å²) in [6, 6.07) is 0. The zero-order valence-electron chi connectivity index (χ0n) is 10.4. The van der Waals surface area contributed by atoms with Crippen LogP contribution in [0.2, 0.25) is 0 Å². The Morgan fingerprint density at radius 3 is 2.47 bits per heavy atom. The van der Waals surface area contributed by atoms with Gasteiger partial charge >= 0.3 is 0 Å². The first-order valence-corrected chi connectivity index (χ1v) is 7.61. The molecule has 0 spiro atoms. The van der Waals surface area contributed by atoms with Crippen LogP contribution >= 0.6 is 0 Å². The van der Waals surface area contributed by atoms with E-state index in [1.165, 1.54) is 0 Å². The van der Waals surface area contributed by atoms with Crippen LogP contribution in [0.5, 0.6) is 0 Å². The van der Waals surface area contributed by atoms with Gasteiger partial charge in [-0.2, -0.15) is 0 Å². The molecule has 0 aromatic carbocycles. The molecule has 0 aliphatic carbocycles. The molecule has 0 aromatic heterocycles. The number of ether oxygens (including phenoxy) is 2. The van der Waals surface area contributed by atoms with Crippen LogP contribution in [0.25, 0.3) is 0 Å². The van der Waals surface area contributed by atoms with Crippen LogP contribution in [0.15, 0.2) is 0 Å². The minimum atomic E-state index is -0.696. The first kappa shape index (κ1) is 13.5. The molecule has 2 heterocycles. The van der Waals surface area contributed by atoms with Gasteiger partial charge in [-0.3, -0.25) is 4.21 Å². The molecule has 0 aromatic rings. The van der Waals surface area contributed by atoms with Gasteiger partial charge in [-0.05, 0) is 32.1 Å². The number of hydrogen-bond acceptors (Lipinski definition) is 4. The van der Waals surface area contributed by atoms with Gasteiger partial charge in [-0.1, -0.05) is 0 Å². The van der Waals surface area contributed by atoms with Gasteiger partial charge in [0.05, 0.1) is 18.8 Å². The third-order valence-electron chi connectivity index (χ3n) is 3.83. The van der Waals surface area contributed by atoms with Crippen molar-refractivity contribution in [1.29, 1.82) is 0 Å². The topological polar surface area (TPSA) is 55.8 Å². The molecule has 0 amide bonds. The molecule has 2 aliphatic heterocycles. The molecule has 2 bridgehead atoms. The predicted octanol–water partition coefficient (Wildman–Crippen LogP) is 0.844. The molecule has 0 radical (unpaired) electrons. The maximum absolute atomic E-state index is 11.8. The summed E-state index contributed by atoms with van der Waals surface area (Å²) in [4.78, 5) is 0. The lowest BCUT2D eigenvalue weighted by molar-refractivity contribution is -0.0196. The van der Waals surface area contributed by atoms with E-state index in [4.69, 9.17) is 9.47 Å². The van der Waals surface area contributed by atoms with E-state index < -0.39 is 16.4 Å². The summed E-state index contributed by atoms with van der Waals surface area (Å²) < 4.78 is 22.1. The molecule has 2 saturated heterocycles. The maximum Gasteiger partial charge on any atom is 0.0700 e. The summed E-state index contributed by atoms with van der Waals surface area (Å²) in [7, 11) is 0.948. The lowest BCUT2D eigenvalue weighted by atomic mass is 9.90. The number of methoxy groups -OCH3 is 1. The Bertz CT molecular complexity index is 266. The molecule has 2 atom stereocenters. The Morgan fingerprint density at radius 2 is 1.88 bits per heavy atom. The highest BCUT2D eigenvalue weighted by Crippen LogP contribution is 2.42. The lowest BCUT2D eigenvalue weighted by Crippen LogP contribution is -2.43. The quantitative estimate of drug-likeness (QED) is 0.721. The third kappa shape index (κ3) is 3.28. The van der Waals surface area contributed by atoms with Crippen LogP contribution in [0, 0.1) is 0 Å². The van der Waals surface area contributed by atoms with Crippen molar-refractivity contribution in [3.8, 4) is 0 Å². The summed E-state index contributed by atoms with van der Waals surface area (Å²) in [5.74, 6) is 0. The standard InChI is InChI=1S/C12H22O4S/c1-15-6-7-16-5-4-12(13)8-10-2-3-11(9-12)17(10)14/h10-11,13H,2-9H2,1H3. The Kier molecular flexibility index (Phi) is 4.58. The monoisotopic (exact) mass is 262 g/mol. The van der Waals surface area contributed by atoms with E-state index >= 15 is 0 Å². The summed E-state index contributed by atoms with van der Waals surface area (Å²) >= 11 is 0. The second kappa shape index (κ2) is 5.78. The fraction of sp³-hybridized carbons (Fsp3) is 1.00. The van der Waals surface area contributed by atoms with Gasteiger partial charge < -0.3 is 14.6 Å². The van der Waals surface area contributed by atoms with Crippen LogP contribution in [0.1, 0.15) is 32.1 Å². The first-order valence-electron chi connectivity index (χ1n) is 6.33. The molecule has 5 heteroatoms. The lowest BCUT2D eigenvalue weighted by Gasteiger charge is -2.35. The zero-order valence-corrected chi connectivity index (χ0v) is 11.2. The van der Waals surface area contributed by atoms with Gasteiger partial charge in [0, 0.05) is 35.0 Å². The van der Waals surface area contributed by atoms with Crippen molar-refractivity contribution < 1.29 is 18.8 Å². The zero-order chi connectivity index (χ0) is 12.3. The molecule has 4 nitrogen and oxygen atoms in total. The molecule has 1 N–H and O–H groups in total. The highest BCUT2D eigenvalue weighted by atomic mass is 32.2. The van der Waals surface area contributed by atoms with Crippen LogP contribution in [0.3, 0.4) is 0 Å². The molecular formula is C12H22O4S. The van der Waals surface area contributed by atoms with Crippen LogP contribution in [-0.4, -0.2) is 52.3 Å². The Morgan fingerprint density at radius 1 is 1.24 bits per heavy atom. The van der Waals surface area contributed by atoms with Crippen molar-refractivity contribution in [2.24, 2.45) is 0 Å². The first-order chi connectivity index (χ1) is 8.14. The molecule has 2 fully saturated rings.